The van der Waals surface area contributed by atoms with Crippen molar-refractivity contribution >= 4 is 5.78 Å². The lowest BCUT2D eigenvalue weighted by molar-refractivity contribution is 0.101. The Morgan fingerprint density at radius 2 is 2.00 bits per heavy atom. The maximum atomic E-state index is 11.0. The van der Waals surface area contributed by atoms with Gasteiger partial charge in [-0.1, -0.05) is 30.3 Å². The molecular weight excluding hydrogens is 188 g/mol. The fraction of sp³-hybridized carbons (Fsp3) is 0.167. The molecule has 0 spiro atoms. The van der Waals surface area contributed by atoms with Gasteiger partial charge >= 0.3 is 0 Å². The molecule has 1 aromatic heterocycles. The summed E-state index contributed by atoms with van der Waals surface area (Å²) >= 11 is 0. The number of carbonyl (C=O) groups is 1. The van der Waals surface area contributed by atoms with Crippen LogP contribution in [0.15, 0.2) is 42.6 Å². The van der Waals surface area contributed by atoms with Crippen molar-refractivity contribution in [3.8, 4) is 0 Å². The topological polar surface area (TPSA) is 34.9 Å². The standard InChI is InChI=1S/C12H12N2O/c1-10(15)12-7-8-14(13-12)9-11-5-3-2-4-6-11/h2-8H,9H2,1H3. The molecule has 1 heterocycles. The summed E-state index contributed by atoms with van der Waals surface area (Å²) in [7, 11) is 0. The largest absolute Gasteiger partial charge is 0.293 e. The third-order valence-electron chi connectivity index (χ3n) is 2.19. The maximum Gasteiger partial charge on any atom is 0.179 e. The van der Waals surface area contributed by atoms with Gasteiger partial charge in [-0.25, -0.2) is 0 Å². The van der Waals surface area contributed by atoms with E-state index >= 15 is 0 Å². The van der Waals surface area contributed by atoms with E-state index < -0.39 is 0 Å². The lowest BCUT2D eigenvalue weighted by Crippen LogP contribution is -2.02. The Hall–Kier alpha value is -1.90. The van der Waals surface area contributed by atoms with Gasteiger partial charge in [0.05, 0.1) is 6.54 Å². The summed E-state index contributed by atoms with van der Waals surface area (Å²) in [4.78, 5) is 11.0. The molecule has 2 aromatic rings. The van der Waals surface area contributed by atoms with E-state index in [1.54, 1.807) is 10.7 Å². The molecule has 0 aliphatic rings. The van der Waals surface area contributed by atoms with Crippen molar-refractivity contribution in [3.05, 3.63) is 53.9 Å². The van der Waals surface area contributed by atoms with Crippen LogP contribution >= 0.6 is 0 Å². The number of benzene rings is 1. The number of hydrogen-bond acceptors (Lipinski definition) is 2. The summed E-state index contributed by atoms with van der Waals surface area (Å²) in [6, 6.07) is 11.8. The summed E-state index contributed by atoms with van der Waals surface area (Å²) in [6.45, 7) is 2.23. The Bertz CT molecular complexity index is 459. The monoisotopic (exact) mass is 200 g/mol. The van der Waals surface area contributed by atoms with Gasteiger partial charge in [0.1, 0.15) is 5.69 Å². The molecule has 0 N–H and O–H groups in total. The molecule has 0 bridgehead atoms. The predicted molar refractivity (Wildman–Crippen MR) is 57.8 cm³/mol. The van der Waals surface area contributed by atoms with Crippen LogP contribution in [0.25, 0.3) is 0 Å². The Morgan fingerprint density at radius 3 is 2.60 bits per heavy atom. The van der Waals surface area contributed by atoms with Gasteiger partial charge in [0.15, 0.2) is 5.78 Å². The van der Waals surface area contributed by atoms with E-state index in [0.29, 0.717) is 12.2 Å². The zero-order valence-electron chi connectivity index (χ0n) is 8.55. The van der Waals surface area contributed by atoms with Gasteiger partial charge < -0.3 is 0 Å². The van der Waals surface area contributed by atoms with Crippen LogP contribution in [0.4, 0.5) is 0 Å². The number of rotatable bonds is 3. The van der Waals surface area contributed by atoms with E-state index in [-0.39, 0.29) is 5.78 Å². The predicted octanol–water partition coefficient (Wildman–Crippen LogP) is 2.13. The molecule has 76 valence electrons. The first kappa shape index (κ1) is 9.65. The van der Waals surface area contributed by atoms with Crippen LogP contribution in [0.1, 0.15) is 23.0 Å². The zero-order valence-corrected chi connectivity index (χ0v) is 8.55. The molecular formula is C12H12N2O. The van der Waals surface area contributed by atoms with Crippen LogP contribution in [0.5, 0.6) is 0 Å². The quantitative estimate of drug-likeness (QED) is 0.711. The molecule has 3 heteroatoms. The summed E-state index contributed by atoms with van der Waals surface area (Å²) < 4.78 is 1.77. The SMILES string of the molecule is CC(=O)c1ccn(Cc2ccccc2)n1. The smallest absolute Gasteiger partial charge is 0.179 e. The maximum absolute atomic E-state index is 11.0. The summed E-state index contributed by atoms with van der Waals surface area (Å²) in [5, 5.41) is 4.17. The molecule has 0 aliphatic heterocycles. The van der Waals surface area contributed by atoms with Crippen LogP contribution < -0.4 is 0 Å². The molecule has 0 unspecified atom stereocenters. The van der Waals surface area contributed by atoms with Gasteiger partial charge in [0.25, 0.3) is 0 Å². The van der Waals surface area contributed by atoms with E-state index in [0.717, 1.165) is 0 Å². The minimum atomic E-state index is 0.00168. The molecule has 0 fully saturated rings. The van der Waals surface area contributed by atoms with Gasteiger partial charge in [-0.15, -0.1) is 0 Å². The van der Waals surface area contributed by atoms with E-state index in [1.807, 2.05) is 36.5 Å². The zero-order chi connectivity index (χ0) is 10.7. The fourth-order valence-corrected chi connectivity index (χ4v) is 1.41. The van der Waals surface area contributed by atoms with Gasteiger partial charge in [-0.05, 0) is 11.6 Å². The van der Waals surface area contributed by atoms with Crippen LogP contribution in [-0.2, 0) is 6.54 Å². The average Bonchev–Trinajstić information content (AvgIpc) is 2.68. The Labute approximate surface area is 88.4 Å². The third kappa shape index (κ3) is 2.31. The Kier molecular flexibility index (Phi) is 2.63. The fourth-order valence-electron chi connectivity index (χ4n) is 1.41. The number of hydrogen-bond donors (Lipinski definition) is 0. The van der Waals surface area contributed by atoms with Gasteiger partial charge in [0, 0.05) is 13.1 Å². The Morgan fingerprint density at radius 1 is 1.27 bits per heavy atom. The normalized spacial score (nSPS) is 10.2. The number of nitrogens with zero attached hydrogens (tertiary/aromatic N) is 2. The highest BCUT2D eigenvalue weighted by Crippen LogP contribution is 2.03. The number of carbonyl (C=O) groups excluding carboxylic acids is 1. The minimum absolute atomic E-state index is 0.00168. The number of aromatic nitrogens is 2. The minimum Gasteiger partial charge on any atom is -0.293 e. The van der Waals surface area contributed by atoms with Gasteiger partial charge in [-0.3, -0.25) is 9.48 Å². The first-order chi connectivity index (χ1) is 7.25. The van der Waals surface area contributed by atoms with Crippen LogP contribution in [0.3, 0.4) is 0 Å². The lowest BCUT2D eigenvalue weighted by Gasteiger charge is -2.00. The molecule has 0 aliphatic carbocycles. The van der Waals surface area contributed by atoms with Crippen molar-refractivity contribution in [1.82, 2.24) is 9.78 Å². The van der Waals surface area contributed by atoms with Crippen molar-refractivity contribution in [3.63, 3.8) is 0 Å². The van der Waals surface area contributed by atoms with Crippen LogP contribution in [-0.4, -0.2) is 15.6 Å². The highest BCUT2D eigenvalue weighted by molar-refractivity contribution is 5.91. The molecule has 1 aromatic carbocycles. The Balaban J connectivity index is 2.15. The first-order valence-corrected chi connectivity index (χ1v) is 4.84. The van der Waals surface area contributed by atoms with Crippen molar-refractivity contribution < 1.29 is 4.79 Å². The van der Waals surface area contributed by atoms with Gasteiger partial charge in [0.2, 0.25) is 0 Å². The molecule has 15 heavy (non-hydrogen) atoms. The molecule has 3 nitrogen and oxygen atoms in total. The summed E-state index contributed by atoms with van der Waals surface area (Å²) in [5.74, 6) is 0.00168. The van der Waals surface area contributed by atoms with Crippen molar-refractivity contribution in [2.24, 2.45) is 0 Å². The average molecular weight is 200 g/mol. The summed E-state index contributed by atoms with van der Waals surface area (Å²) in [5.41, 5.74) is 1.70. The number of Topliss-reactive ketones (excluding diaryl/α,β-unsaturated/α-hetero) is 1. The van der Waals surface area contributed by atoms with Crippen LogP contribution in [0, 0.1) is 0 Å². The van der Waals surface area contributed by atoms with Gasteiger partial charge in [-0.2, -0.15) is 5.10 Å². The van der Waals surface area contributed by atoms with Crippen LogP contribution in [0.2, 0.25) is 0 Å². The molecule has 0 radical (unpaired) electrons. The summed E-state index contributed by atoms with van der Waals surface area (Å²) in [6.07, 6.45) is 1.82. The van der Waals surface area contributed by atoms with E-state index in [9.17, 15) is 4.79 Å². The molecule has 2 rings (SSSR count). The lowest BCUT2D eigenvalue weighted by atomic mass is 10.2. The second kappa shape index (κ2) is 4.09. The van der Waals surface area contributed by atoms with Crippen molar-refractivity contribution in [2.75, 3.05) is 0 Å². The highest BCUT2D eigenvalue weighted by Gasteiger charge is 2.03. The molecule has 0 saturated heterocycles. The van der Waals surface area contributed by atoms with E-state index in [4.69, 9.17) is 0 Å². The highest BCUT2D eigenvalue weighted by atomic mass is 16.1. The second-order valence-corrected chi connectivity index (χ2v) is 3.44. The molecule has 0 amide bonds. The first-order valence-electron chi connectivity index (χ1n) is 4.84. The van der Waals surface area contributed by atoms with Crippen molar-refractivity contribution in [2.45, 2.75) is 13.5 Å². The number of ketones is 1. The van der Waals surface area contributed by atoms with Crippen molar-refractivity contribution in [1.29, 1.82) is 0 Å². The third-order valence-corrected chi connectivity index (χ3v) is 2.19. The second-order valence-electron chi connectivity index (χ2n) is 3.44. The van der Waals surface area contributed by atoms with E-state index in [1.165, 1.54) is 12.5 Å². The molecule has 0 saturated carbocycles. The molecule has 0 atom stereocenters. The van der Waals surface area contributed by atoms with E-state index in [2.05, 4.69) is 5.10 Å².